The van der Waals surface area contributed by atoms with Gasteiger partial charge in [-0.05, 0) is 27.7 Å². The highest BCUT2D eigenvalue weighted by Crippen LogP contribution is 2.09. The normalized spacial score (nSPS) is 14.2. The van der Waals surface area contributed by atoms with Crippen LogP contribution in [0, 0.1) is 0 Å². The molecular formula is C10H19NO. The second-order valence-corrected chi connectivity index (χ2v) is 3.01. The van der Waals surface area contributed by atoms with Gasteiger partial charge in [0.15, 0.2) is 0 Å². The summed E-state index contributed by atoms with van der Waals surface area (Å²) < 4.78 is 0. The lowest BCUT2D eigenvalue weighted by atomic mass is 10.1. The Kier molecular flexibility index (Phi) is 4.64. The van der Waals surface area contributed by atoms with E-state index in [1.807, 2.05) is 18.7 Å². The second kappa shape index (κ2) is 4.96. The molecule has 2 nitrogen and oxygen atoms in total. The zero-order valence-electron chi connectivity index (χ0n) is 8.72. The molecule has 0 bridgehead atoms. The highest BCUT2D eigenvalue weighted by molar-refractivity contribution is 5.73. The highest BCUT2D eigenvalue weighted by Gasteiger charge is 2.14. The SMILES string of the molecule is CC=C(C)C(C)N(CC)C(C)=O. The van der Waals surface area contributed by atoms with E-state index in [1.54, 1.807) is 6.92 Å². The summed E-state index contributed by atoms with van der Waals surface area (Å²) in [4.78, 5) is 13.0. The van der Waals surface area contributed by atoms with Crippen LogP contribution in [0.1, 0.15) is 34.6 Å². The second-order valence-electron chi connectivity index (χ2n) is 3.01. The molecule has 0 saturated carbocycles. The Morgan fingerprint density at radius 2 is 2.00 bits per heavy atom. The molecule has 0 aromatic carbocycles. The quantitative estimate of drug-likeness (QED) is 0.593. The molecule has 0 rings (SSSR count). The molecule has 12 heavy (non-hydrogen) atoms. The molecule has 0 N–H and O–H groups in total. The van der Waals surface area contributed by atoms with E-state index in [-0.39, 0.29) is 11.9 Å². The van der Waals surface area contributed by atoms with Crippen LogP contribution in [0.25, 0.3) is 0 Å². The number of likely N-dealkylation sites (N-methyl/N-ethyl adjacent to an activating group) is 1. The van der Waals surface area contributed by atoms with Crippen molar-refractivity contribution in [2.24, 2.45) is 0 Å². The molecule has 70 valence electrons. The molecule has 1 unspecified atom stereocenters. The zero-order valence-corrected chi connectivity index (χ0v) is 8.72. The molecule has 1 amide bonds. The molecule has 0 spiro atoms. The van der Waals surface area contributed by atoms with Crippen molar-refractivity contribution in [3.05, 3.63) is 11.6 Å². The van der Waals surface area contributed by atoms with Crippen molar-refractivity contribution in [3.8, 4) is 0 Å². The molecule has 0 aromatic rings. The highest BCUT2D eigenvalue weighted by atomic mass is 16.2. The van der Waals surface area contributed by atoms with Gasteiger partial charge in [0, 0.05) is 19.5 Å². The minimum absolute atomic E-state index is 0.145. The van der Waals surface area contributed by atoms with Crippen LogP contribution < -0.4 is 0 Å². The third-order valence-corrected chi connectivity index (χ3v) is 2.33. The van der Waals surface area contributed by atoms with Crippen LogP contribution in [0.15, 0.2) is 11.6 Å². The van der Waals surface area contributed by atoms with E-state index < -0.39 is 0 Å². The summed E-state index contributed by atoms with van der Waals surface area (Å²) in [5, 5.41) is 0. The van der Waals surface area contributed by atoms with Gasteiger partial charge in [-0.1, -0.05) is 11.6 Å². The first-order chi connectivity index (χ1) is 5.54. The fourth-order valence-corrected chi connectivity index (χ4v) is 1.26. The maximum atomic E-state index is 11.1. The lowest BCUT2D eigenvalue weighted by molar-refractivity contribution is -0.129. The van der Waals surface area contributed by atoms with Crippen molar-refractivity contribution in [2.75, 3.05) is 6.54 Å². The fourth-order valence-electron chi connectivity index (χ4n) is 1.26. The summed E-state index contributed by atoms with van der Waals surface area (Å²) in [5.41, 5.74) is 1.24. The van der Waals surface area contributed by atoms with Gasteiger partial charge in [-0.25, -0.2) is 0 Å². The number of nitrogens with zero attached hydrogens (tertiary/aromatic N) is 1. The molecule has 0 fully saturated rings. The molecule has 0 saturated heterocycles. The summed E-state index contributed by atoms with van der Waals surface area (Å²) in [6, 6.07) is 0.234. The smallest absolute Gasteiger partial charge is 0.219 e. The van der Waals surface area contributed by atoms with Crippen LogP contribution in [0.5, 0.6) is 0 Å². The van der Waals surface area contributed by atoms with E-state index in [0.717, 1.165) is 6.54 Å². The van der Waals surface area contributed by atoms with Crippen LogP contribution in [0.3, 0.4) is 0 Å². The summed E-state index contributed by atoms with van der Waals surface area (Å²) in [5.74, 6) is 0.145. The first kappa shape index (κ1) is 11.2. The van der Waals surface area contributed by atoms with Gasteiger partial charge in [-0.15, -0.1) is 0 Å². The number of amides is 1. The maximum Gasteiger partial charge on any atom is 0.219 e. The Morgan fingerprint density at radius 1 is 1.50 bits per heavy atom. The minimum Gasteiger partial charge on any atom is -0.337 e. The van der Waals surface area contributed by atoms with Crippen molar-refractivity contribution < 1.29 is 4.79 Å². The molecule has 0 aliphatic heterocycles. The molecule has 0 aliphatic rings. The van der Waals surface area contributed by atoms with Crippen LogP contribution in [0.2, 0.25) is 0 Å². The first-order valence-corrected chi connectivity index (χ1v) is 4.44. The van der Waals surface area contributed by atoms with Gasteiger partial charge in [0.25, 0.3) is 0 Å². The van der Waals surface area contributed by atoms with Gasteiger partial charge in [0.1, 0.15) is 0 Å². The number of rotatable bonds is 3. The van der Waals surface area contributed by atoms with Crippen molar-refractivity contribution >= 4 is 5.91 Å². The summed E-state index contributed by atoms with van der Waals surface area (Å²) in [6.07, 6.45) is 2.05. The van der Waals surface area contributed by atoms with E-state index in [9.17, 15) is 4.79 Å². The fraction of sp³-hybridized carbons (Fsp3) is 0.700. The van der Waals surface area contributed by atoms with Crippen LogP contribution >= 0.6 is 0 Å². The van der Waals surface area contributed by atoms with E-state index in [1.165, 1.54) is 5.57 Å². The van der Waals surface area contributed by atoms with Gasteiger partial charge >= 0.3 is 0 Å². The van der Waals surface area contributed by atoms with Crippen molar-refractivity contribution in [1.29, 1.82) is 0 Å². The molecular weight excluding hydrogens is 150 g/mol. The van der Waals surface area contributed by atoms with Gasteiger partial charge in [0.05, 0.1) is 0 Å². The first-order valence-electron chi connectivity index (χ1n) is 4.44. The van der Waals surface area contributed by atoms with Crippen molar-refractivity contribution in [1.82, 2.24) is 4.90 Å². The van der Waals surface area contributed by atoms with E-state index in [4.69, 9.17) is 0 Å². The number of hydrogen-bond donors (Lipinski definition) is 0. The van der Waals surface area contributed by atoms with Gasteiger partial charge in [0.2, 0.25) is 5.91 Å². The Labute approximate surface area is 75.3 Å². The zero-order chi connectivity index (χ0) is 9.72. The summed E-state index contributed by atoms with van der Waals surface area (Å²) in [6.45, 7) is 10.5. The predicted octanol–water partition coefficient (Wildman–Crippen LogP) is 2.21. The Morgan fingerprint density at radius 3 is 2.25 bits per heavy atom. The molecule has 1 atom stereocenters. The number of carbonyl (C=O) groups is 1. The van der Waals surface area contributed by atoms with Gasteiger partial charge in [-0.2, -0.15) is 0 Å². The van der Waals surface area contributed by atoms with Crippen LogP contribution in [0.4, 0.5) is 0 Å². The standard InChI is InChI=1S/C10H19NO/c1-6-8(3)9(4)11(7-2)10(5)12/h6,9H,7H2,1-5H3. The molecule has 0 aliphatic carbocycles. The van der Waals surface area contributed by atoms with E-state index >= 15 is 0 Å². The lowest BCUT2D eigenvalue weighted by Gasteiger charge is -2.27. The summed E-state index contributed by atoms with van der Waals surface area (Å²) in [7, 11) is 0. The van der Waals surface area contributed by atoms with E-state index in [2.05, 4.69) is 19.9 Å². The average Bonchev–Trinajstić information content (AvgIpc) is 2.03. The number of carbonyl (C=O) groups excluding carboxylic acids is 1. The Bertz CT molecular complexity index is 184. The van der Waals surface area contributed by atoms with E-state index in [0.29, 0.717) is 0 Å². The average molecular weight is 169 g/mol. The minimum atomic E-state index is 0.145. The summed E-state index contributed by atoms with van der Waals surface area (Å²) >= 11 is 0. The third kappa shape index (κ3) is 2.68. The Hall–Kier alpha value is -0.790. The molecule has 0 radical (unpaired) electrons. The van der Waals surface area contributed by atoms with Crippen molar-refractivity contribution in [2.45, 2.75) is 40.7 Å². The van der Waals surface area contributed by atoms with Gasteiger partial charge < -0.3 is 4.90 Å². The molecule has 0 aromatic heterocycles. The topological polar surface area (TPSA) is 20.3 Å². The maximum absolute atomic E-state index is 11.1. The number of allylic oxidation sites excluding steroid dienone is 1. The largest absolute Gasteiger partial charge is 0.337 e. The predicted molar refractivity (Wildman–Crippen MR) is 52.0 cm³/mol. The number of hydrogen-bond acceptors (Lipinski definition) is 1. The lowest BCUT2D eigenvalue weighted by Crippen LogP contribution is -2.37. The van der Waals surface area contributed by atoms with Crippen molar-refractivity contribution in [3.63, 3.8) is 0 Å². The molecule has 0 heterocycles. The van der Waals surface area contributed by atoms with Gasteiger partial charge in [-0.3, -0.25) is 4.79 Å². The van der Waals surface area contributed by atoms with Crippen LogP contribution in [-0.4, -0.2) is 23.4 Å². The van der Waals surface area contributed by atoms with Crippen LogP contribution in [-0.2, 0) is 4.79 Å². The monoisotopic (exact) mass is 169 g/mol. The third-order valence-electron chi connectivity index (χ3n) is 2.33. The molecule has 2 heteroatoms. The Balaban J connectivity index is 4.41.